The Balaban J connectivity index is 2.45. The van der Waals surface area contributed by atoms with Gasteiger partial charge >= 0.3 is 6.03 Å². The maximum Gasteiger partial charge on any atom is 0.316 e. The fourth-order valence-electron chi connectivity index (χ4n) is 1.11. The van der Waals surface area contributed by atoms with Crippen molar-refractivity contribution >= 4 is 17.7 Å². The zero-order chi connectivity index (χ0) is 13.7. The highest BCUT2D eigenvalue weighted by Gasteiger charge is 2.09. The van der Waals surface area contributed by atoms with Gasteiger partial charge in [-0.2, -0.15) is 0 Å². The summed E-state index contributed by atoms with van der Waals surface area (Å²) in [5.74, 6) is -2.26. The van der Waals surface area contributed by atoms with Crippen LogP contribution in [0.15, 0.2) is 6.07 Å². The Bertz CT molecular complexity index is 439. The highest BCUT2D eigenvalue weighted by molar-refractivity contribution is 5.73. The van der Waals surface area contributed by atoms with Gasteiger partial charge in [-0.25, -0.2) is 18.6 Å². The van der Waals surface area contributed by atoms with E-state index in [2.05, 4.69) is 15.6 Å². The zero-order valence-corrected chi connectivity index (χ0v) is 10.1. The standard InChI is InChI=1S/C10H15F2N5O/c1-17(2)10(18)15-4-3-14-9-7(12)5-6(11)8(13)16-9/h5H,3-4H2,1-2H3,(H,15,18)(H3,13,14,16). The van der Waals surface area contributed by atoms with Crippen LogP contribution >= 0.6 is 0 Å². The molecular formula is C10H15F2N5O. The second kappa shape index (κ2) is 5.99. The maximum atomic E-state index is 13.2. The van der Waals surface area contributed by atoms with Gasteiger partial charge in [0.2, 0.25) is 0 Å². The van der Waals surface area contributed by atoms with Crippen molar-refractivity contribution in [2.24, 2.45) is 0 Å². The molecule has 0 unspecified atom stereocenters. The average Bonchev–Trinajstić information content (AvgIpc) is 2.30. The molecule has 0 atom stereocenters. The molecule has 0 aromatic carbocycles. The second-order valence-electron chi connectivity index (χ2n) is 3.74. The summed E-state index contributed by atoms with van der Waals surface area (Å²) in [4.78, 5) is 16.0. The number of nitrogens with zero attached hydrogens (tertiary/aromatic N) is 2. The minimum atomic E-state index is -0.904. The Kier molecular flexibility index (Phi) is 4.64. The number of pyridine rings is 1. The smallest absolute Gasteiger partial charge is 0.316 e. The molecule has 0 radical (unpaired) electrons. The van der Waals surface area contributed by atoms with Gasteiger partial charge < -0.3 is 21.3 Å². The van der Waals surface area contributed by atoms with Gasteiger partial charge in [-0.05, 0) is 0 Å². The van der Waals surface area contributed by atoms with E-state index in [0.29, 0.717) is 6.07 Å². The van der Waals surface area contributed by atoms with Crippen LogP contribution in [0.1, 0.15) is 0 Å². The number of halogens is 2. The molecule has 0 spiro atoms. The summed E-state index contributed by atoms with van der Waals surface area (Å²) >= 11 is 0. The van der Waals surface area contributed by atoms with Crippen LogP contribution in [0.5, 0.6) is 0 Å². The van der Waals surface area contributed by atoms with Crippen LogP contribution < -0.4 is 16.4 Å². The van der Waals surface area contributed by atoms with Gasteiger partial charge in [0.15, 0.2) is 23.3 Å². The lowest BCUT2D eigenvalue weighted by Gasteiger charge is -2.12. The molecule has 8 heteroatoms. The molecule has 0 saturated carbocycles. The number of anilines is 2. The fraction of sp³-hybridized carbons (Fsp3) is 0.400. The first-order valence-electron chi connectivity index (χ1n) is 5.22. The maximum absolute atomic E-state index is 13.2. The summed E-state index contributed by atoms with van der Waals surface area (Å²) in [6.07, 6.45) is 0. The van der Waals surface area contributed by atoms with Gasteiger partial charge in [-0.1, -0.05) is 0 Å². The van der Waals surface area contributed by atoms with Crippen LogP contribution in [-0.2, 0) is 0 Å². The van der Waals surface area contributed by atoms with Crippen molar-refractivity contribution in [3.8, 4) is 0 Å². The van der Waals surface area contributed by atoms with Gasteiger partial charge in [-0.3, -0.25) is 0 Å². The quantitative estimate of drug-likeness (QED) is 0.692. The van der Waals surface area contributed by atoms with Gasteiger partial charge in [0.1, 0.15) is 0 Å². The van der Waals surface area contributed by atoms with Crippen molar-refractivity contribution in [3.05, 3.63) is 17.7 Å². The van der Waals surface area contributed by atoms with E-state index in [9.17, 15) is 13.6 Å². The lowest BCUT2D eigenvalue weighted by atomic mass is 10.4. The molecule has 0 aliphatic rings. The number of carbonyl (C=O) groups excluding carboxylic acids is 1. The third kappa shape index (κ3) is 3.72. The summed E-state index contributed by atoms with van der Waals surface area (Å²) in [6.45, 7) is 0.518. The number of nitrogens with one attached hydrogen (secondary N) is 2. The number of hydrogen-bond acceptors (Lipinski definition) is 4. The molecule has 18 heavy (non-hydrogen) atoms. The predicted octanol–water partition coefficient (Wildman–Crippen LogP) is 0.625. The first-order chi connectivity index (χ1) is 8.41. The summed E-state index contributed by atoms with van der Waals surface area (Å²) in [7, 11) is 3.20. The number of urea groups is 1. The summed E-state index contributed by atoms with van der Waals surface area (Å²) in [5.41, 5.74) is 5.21. The minimum absolute atomic E-state index is 0.145. The normalized spacial score (nSPS) is 10.0. The van der Waals surface area contributed by atoms with E-state index in [1.54, 1.807) is 14.1 Å². The molecule has 0 aliphatic heterocycles. The van der Waals surface area contributed by atoms with Gasteiger partial charge in [-0.15, -0.1) is 0 Å². The molecule has 6 nitrogen and oxygen atoms in total. The Morgan fingerprint density at radius 1 is 1.39 bits per heavy atom. The summed E-state index contributed by atoms with van der Waals surface area (Å²) in [6, 6.07) is 0.395. The molecule has 0 saturated heterocycles. The van der Waals surface area contributed by atoms with E-state index in [1.807, 2.05) is 0 Å². The van der Waals surface area contributed by atoms with Gasteiger partial charge in [0.05, 0.1) is 0 Å². The summed E-state index contributed by atoms with van der Waals surface area (Å²) < 4.78 is 26.1. The highest BCUT2D eigenvalue weighted by atomic mass is 19.1. The molecule has 100 valence electrons. The lowest BCUT2D eigenvalue weighted by molar-refractivity contribution is 0.218. The Morgan fingerprint density at radius 2 is 2.06 bits per heavy atom. The highest BCUT2D eigenvalue weighted by Crippen LogP contribution is 2.15. The first kappa shape index (κ1) is 13.9. The Labute approximate surface area is 103 Å². The van der Waals surface area contributed by atoms with Crippen molar-refractivity contribution < 1.29 is 13.6 Å². The predicted molar refractivity (Wildman–Crippen MR) is 64.1 cm³/mol. The van der Waals surface area contributed by atoms with Crippen molar-refractivity contribution in [1.29, 1.82) is 0 Å². The minimum Gasteiger partial charge on any atom is -0.381 e. The van der Waals surface area contributed by atoms with Crippen molar-refractivity contribution in [3.63, 3.8) is 0 Å². The Hall–Kier alpha value is -2.12. The molecule has 0 bridgehead atoms. The van der Waals surface area contributed by atoms with Crippen LogP contribution in [-0.4, -0.2) is 43.1 Å². The monoisotopic (exact) mass is 259 g/mol. The molecule has 4 N–H and O–H groups in total. The van der Waals surface area contributed by atoms with Crippen molar-refractivity contribution in [2.45, 2.75) is 0 Å². The lowest BCUT2D eigenvalue weighted by Crippen LogP contribution is -2.37. The van der Waals surface area contributed by atoms with E-state index in [1.165, 1.54) is 4.90 Å². The number of rotatable bonds is 4. The SMILES string of the molecule is CN(C)C(=O)NCCNc1nc(N)c(F)cc1F. The first-order valence-corrected chi connectivity index (χ1v) is 5.22. The zero-order valence-electron chi connectivity index (χ0n) is 10.1. The van der Waals surface area contributed by atoms with E-state index in [-0.39, 0.29) is 30.8 Å². The molecule has 1 heterocycles. The number of carbonyl (C=O) groups is 1. The van der Waals surface area contributed by atoms with Gasteiger partial charge in [0, 0.05) is 33.3 Å². The number of amides is 2. The fourth-order valence-corrected chi connectivity index (χ4v) is 1.11. The number of nitrogens with two attached hydrogens (primary N) is 1. The molecule has 1 aromatic rings. The number of aromatic nitrogens is 1. The third-order valence-corrected chi connectivity index (χ3v) is 2.06. The second-order valence-corrected chi connectivity index (χ2v) is 3.74. The average molecular weight is 259 g/mol. The van der Waals surface area contributed by atoms with E-state index < -0.39 is 11.6 Å². The van der Waals surface area contributed by atoms with E-state index in [0.717, 1.165) is 0 Å². The van der Waals surface area contributed by atoms with Crippen LogP contribution in [0.25, 0.3) is 0 Å². The van der Waals surface area contributed by atoms with E-state index >= 15 is 0 Å². The van der Waals surface area contributed by atoms with Crippen molar-refractivity contribution in [1.82, 2.24) is 15.2 Å². The van der Waals surface area contributed by atoms with Crippen molar-refractivity contribution in [2.75, 3.05) is 38.2 Å². The molecule has 1 rings (SSSR count). The van der Waals surface area contributed by atoms with Crippen LogP contribution in [0.3, 0.4) is 0 Å². The molecular weight excluding hydrogens is 244 g/mol. The molecule has 0 fully saturated rings. The molecule has 0 aliphatic carbocycles. The topological polar surface area (TPSA) is 83.3 Å². The van der Waals surface area contributed by atoms with Crippen LogP contribution in [0, 0.1) is 11.6 Å². The molecule has 1 aromatic heterocycles. The number of nitrogen functional groups attached to an aromatic ring is 1. The van der Waals surface area contributed by atoms with E-state index in [4.69, 9.17) is 5.73 Å². The summed E-state index contributed by atoms with van der Waals surface area (Å²) in [5, 5.41) is 5.18. The Morgan fingerprint density at radius 3 is 2.67 bits per heavy atom. The third-order valence-electron chi connectivity index (χ3n) is 2.06. The van der Waals surface area contributed by atoms with Crippen LogP contribution in [0.4, 0.5) is 25.2 Å². The number of hydrogen-bond donors (Lipinski definition) is 3. The van der Waals surface area contributed by atoms with Gasteiger partial charge in [0.25, 0.3) is 0 Å². The largest absolute Gasteiger partial charge is 0.381 e. The molecule has 2 amide bonds. The van der Waals surface area contributed by atoms with Crippen LogP contribution in [0.2, 0.25) is 0 Å².